The van der Waals surface area contributed by atoms with E-state index >= 15 is 0 Å². The zero-order chi connectivity index (χ0) is 15.2. The molecule has 0 saturated carbocycles. The average molecular weight is 312 g/mol. The van der Waals surface area contributed by atoms with Crippen LogP contribution in [0.3, 0.4) is 0 Å². The number of nitrogens with zero attached hydrogens (tertiary/aromatic N) is 1. The Balaban J connectivity index is 2.34. The van der Waals surface area contributed by atoms with Crippen LogP contribution >= 0.6 is 11.6 Å². The van der Waals surface area contributed by atoms with Gasteiger partial charge in [0.25, 0.3) is 5.91 Å². The van der Waals surface area contributed by atoms with Crippen molar-refractivity contribution >= 4 is 23.5 Å². The summed E-state index contributed by atoms with van der Waals surface area (Å²) in [5.74, 6) is -0.815. The first kappa shape index (κ1) is 16.0. The fourth-order valence-electron chi connectivity index (χ4n) is 1.01. The van der Waals surface area contributed by atoms with Gasteiger partial charge in [0.15, 0.2) is 17.5 Å². The number of aromatic nitrogens is 1. The van der Waals surface area contributed by atoms with E-state index in [9.17, 15) is 22.8 Å². The van der Waals surface area contributed by atoms with Gasteiger partial charge in [0.2, 0.25) is 0 Å². The fourth-order valence-corrected chi connectivity index (χ4v) is 1.18. The van der Waals surface area contributed by atoms with Crippen molar-refractivity contribution in [3.8, 4) is 5.75 Å². The molecule has 0 radical (unpaired) electrons. The van der Waals surface area contributed by atoms with Crippen LogP contribution in [0, 0.1) is 0 Å². The topological polar surface area (TPSA) is 80.3 Å². The van der Waals surface area contributed by atoms with Crippen molar-refractivity contribution in [1.29, 1.82) is 0 Å². The highest BCUT2D eigenvalue weighted by Crippen LogP contribution is 2.19. The van der Waals surface area contributed by atoms with Crippen molar-refractivity contribution in [2.75, 3.05) is 13.2 Å². The smallest absolute Gasteiger partial charge is 0.405 e. The van der Waals surface area contributed by atoms with Gasteiger partial charge >= 0.3 is 12.2 Å². The Morgan fingerprint density at radius 1 is 1.40 bits per heavy atom. The Kier molecular flexibility index (Phi) is 5.56. The van der Waals surface area contributed by atoms with Gasteiger partial charge in [0, 0.05) is 6.20 Å². The van der Waals surface area contributed by atoms with Crippen molar-refractivity contribution in [2.24, 2.45) is 0 Å². The molecule has 6 nitrogen and oxygen atoms in total. The van der Waals surface area contributed by atoms with E-state index < -0.39 is 31.3 Å². The molecule has 0 fully saturated rings. The van der Waals surface area contributed by atoms with Gasteiger partial charge in [-0.1, -0.05) is 11.6 Å². The molecule has 1 rings (SSSR count). The van der Waals surface area contributed by atoms with Gasteiger partial charge in [0.1, 0.15) is 6.54 Å². The SMILES string of the molecule is O=C(COc1cccnc1Cl)NC(=O)NCC(F)(F)F. The summed E-state index contributed by atoms with van der Waals surface area (Å²) in [6.45, 7) is -2.13. The highest BCUT2D eigenvalue weighted by atomic mass is 35.5. The lowest BCUT2D eigenvalue weighted by molar-refractivity contribution is -0.125. The van der Waals surface area contributed by atoms with Crippen LogP contribution in [0.15, 0.2) is 18.3 Å². The molecule has 0 spiro atoms. The third kappa shape index (κ3) is 6.23. The normalized spacial score (nSPS) is 10.8. The summed E-state index contributed by atoms with van der Waals surface area (Å²) >= 11 is 5.64. The van der Waals surface area contributed by atoms with Crippen LogP contribution in [-0.2, 0) is 4.79 Å². The predicted octanol–water partition coefficient (Wildman–Crippen LogP) is 1.50. The van der Waals surface area contributed by atoms with Crippen molar-refractivity contribution in [3.05, 3.63) is 23.5 Å². The number of hydrogen-bond acceptors (Lipinski definition) is 4. The molecule has 1 aromatic heterocycles. The number of imide groups is 1. The van der Waals surface area contributed by atoms with Crippen molar-refractivity contribution in [3.63, 3.8) is 0 Å². The minimum absolute atomic E-state index is 0.0156. The Bertz CT molecular complexity index is 496. The highest BCUT2D eigenvalue weighted by Gasteiger charge is 2.27. The lowest BCUT2D eigenvalue weighted by Gasteiger charge is -2.10. The summed E-state index contributed by atoms with van der Waals surface area (Å²) in [4.78, 5) is 25.8. The summed E-state index contributed by atoms with van der Waals surface area (Å²) in [5, 5.41) is 3.15. The van der Waals surface area contributed by atoms with Gasteiger partial charge in [-0.15, -0.1) is 0 Å². The quantitative estimate of drug-likeness (QED) is 0.826. The number of carbonyl (C=O) groups excluding carboxylic acids is 2. The molecule has 0 saturated heterocycles. The van der Waals surface area contributed by atoms with Crippen LogP contribution in [0.2, 0.25) is 5.15 Å². The standard InChI is InChI=1S/C10H9ClF3N3O3/c11-8-6(2-1-3-15-8)20-4-7(18)17-9(19)16-5-10(12,13)14/h1-3H,4-5H2,(H2,16,17,18,19). The molecule has 0 bridgehead atoms. The lowest BCUT2D eigenvalue weighted by atomic mass is 10.4. The van der Waals surface area contributed by atoms with Crippen LogP contribution in [0.1, 0.15) is 0 Å². The molecule has 3 amide bonds. The monoisotopic (exact) mass is 311 g/mol. The maximum atomic E-state index is 11.8. The molecule has 0 aliphatic rings. The summed E-state index contributed by atoms with van der Waals surface area (Å²) in [6, 6.07) is 1.68. The molecule has 1 heterocycles. The molecule has 10 heteroatoms. The van der Waals surface area contributed by atoms with Gasteiger partial charge in [-0.05, 0) is 12.1 Å². The maximum Gasteiger partial charge on any atom is 0.405 e. The Morgan fingerprint density at radius 2 is 2.10 bits per heavy atom. The number of nitrogens with one attached hydrogen (secondary N) is 2. The molecule has 110 valence electrons. The molecular formula is C10H9ClF3N3O3. The number of amides is 3. The van der Waals surface area contributed by atoms with Gasteiger partial charge < -0.3 is 10.1 Å². The van der Waals surface area contributed by atoms with E-state index in [4.69, 9.17) is 16.3 Å². The number of pyridine rings is 1. The summed E-state index contributed by atoms with van der Waals surface area (Å²) in [6.07, 6.45) is -3.15. The Morgan fingerprint density at radius 3 is 2.70 bits per heavy atom. The number of halogens is 4. The number of carbonyl (C=O) groups is 2. The van der Waals surface area contributed by atoms with Gasteiger partial charge in [-0.3, -0.25) is 10.1 Å². The van der Waals surface area contributed by atoms with E-state index in [1.54, 1.807) is 5.32 Å². The third-order valence-corrected chi connectivity index (χ3v) is 2.07. The summed E-state index contributed by atoms with van der Waals surface area (Å²) in [5.41, 5.74) is 0. The molecule has 0 aliphatic carbocycles. The fraction of sp³-hybridized carbons (Fsp3) is 0.300. The van der Waals surface area contributed by atoms with Crippen LogP contribution in [0.4, 0.5) is 18.0 Å². The number of rotatable bonds is 4. The van der Waals surface area contributed by atoms with Crippen molar-refractivity contribution < 1.29 is 27.5 Å². The van der Waals surface area contributed by atoms with Crippen LogP contribution in [-0.4, -0.2) is 36.3 Å². The molecular weight excluding hydrogens is 303 g/mol. The van der Waals surface area contributed by atoms with E-state index in [0.29, 0.717) is 0 Å². The van der Waals surface area contributed by atoms with Gasteiger partial charge in [-0.25, -0.2) is 9.78 Å². The first-order valence-corrected chi connectivity index (χ1v) is 5.53. The molecule has 20 heavy (non-hydrogen) atoms. The zero-order valence-corrected chi connectivity index (χ0v) is 10.6. The molecule has 0 aliphatic heterocycles. The van der Waals surface area contributed by atoms with Crippen LogP contribution < -0.4 is 15.4 Å². The molecule has 0 aromatic carbocycles. The van der Waals surface area contributed by atoms with Crippen LogP contribution in [0.25, 0.3) is 0 Å². The predicted molar refractivity (Wildman–Crippen MR) is 62.3 cm³/mol. The van der Waals surface area contributed by atoms with E-state index in [-0.39, 0.29) is 10.9 Å². The second-order valence-electron chi connectivity index (χ2n) is 3.43. The van der Waals surface area contributed by atoms with E-state index in [0.717, 1.165) is 0 Å². The average Bonchev–Trinajstić information content (AvgIpc) is 2.35. The Hall–Kier alpha value is -2.03. The third-order valence-electron chi connectivity index (χ3n) is 1.79. The number of hydrogen-bond donors (Lipinski definition) is 2. The first-order valence-electron chi connectivity index (χ1n) is 5.15. The Labute approximate surface area is 116 Å². The molecule has 0 atom stereocenters. The van der Waals surface area contributed by atoms with E-state index in [2.05, 4.69) is 4.98 Å². The second-order valence-corrected chi connectivity index (χ2v) is 3.79. The minimum atomic E-state index is -4.56. The molecule has 2 N–H and O–H groups in total. The van der Waals surface area contributed by atoms with Crippen LogP contribution in [0.5, 0.6) is 5.75 Å². The summed E-state index contributed by atoms with van der Waals surface area (Å²) in [7, 11) is 0. The number of ether oxygens (including phenoxy) is 1. The molecule has 1 aromatic rings. The largest absolute Gasteiger partial charge is 0.481 e. The number of urea groups is 1. The minimum Gasteiger partial charge on any atom is -0.481 e. The van der Waals surface area contributed by atoms with Crippen molar-refractivity contribution in [1.82, 2.24) is 15.6 Å². The number of alkyl halides is 3. The van der Waals surface area contributed by atoms with Gasteiger partial charge in [-0.2, -0.15) is 13.2 Å². The van der Waals surface area contributed by atoms with E-state index in [1.165, 1.54) is 23.6 Å². The van der Waals surface area contributed by atoms with Crippen molar-refractivity contribution in [2.45, 2.75) is 6.18 Å². The van der Waals surface area contributed by atoms with Gasteiger partial charge in [0.05, 0.1) is 0 Å². The zero-order valence-electron chi connectivity index (χ0n) is 9.83. The highest BCUT2D eigenvalue weighted by molar-refractivity contribution is 6.30. The summed E-state index contributed by atoms with van der Waals surface area (Å²) < 4.78 is 40.3. The lowest BCUT2D eigenvalue weighted by Crippen LogP contribution is -2.44. The molecule has 0 unspecified atom stereocenters. The van der Waals surface area contributed by atoms with E-state index in [1.807, 2.05) is 0 Å². The first-order chi connectivity index (χ1) is 9.28. The second kappa shape index (κ2) is 6.94. The maximum absolute atomic E-state index is 11.8.